The van der Waals surface area contributed by atoms with Gasteiger partial charge in [-0.1, -0.05) is 36.7 Å². The Hall–Kier alpha value is -2.93. The molecule has 2 heterocycles. The molecule has 3 rings (SSSR count). The molecule has 0 unspecified atom stereocenters. The molecule has 3 aromatic rings. The van der Waals surface area contributed by atoms with Crippen molar-refractivity contribution in [2.24, 2.45) is 0 Å². The summed E-state index contributed by atoms with van der Waals surface area (Å²) in [6, 6.07) is 11.4. The van der Waals surface area contributed by atoms with Gasteiger partial charge >= 0.3 is 0 Å². The highest BCUT2D eigenvalue weighted by atomic mass is 35.5. The van der Waals surface area contributed by atoms with E-state index >= 15 is 0 Å². The van der Waals surface area contributed by atoms with Crippen molar-refractivity contribution in [3.05, 3.63) is 59.1 Å². The van der Waals surface area contributed by atoms with Crippen LogP contribution >= 0.6 is 11.6 Å². The molecule has 0 aliphatic carbocycles. The van der Waals surface area contributed by atoms with E-state index in [0.717, 1.165) is 17.7 Å². The lowest BCUT2D eigenvalue weighted by atomic mass is 10.1. The zero-order chi connectivity index (χ0) is 17.6. The van der Waals surface area contributed by atoms with Crippen LogP contribution in [-0.4, -0.2) is 19.9 Å². The smallest absolute Gasteiger partial charge is 0.232 e. The average molecular weight is 357 g/mol. The number of nitrogen functional groups attached to an aromatic ring is 1. The molecule has 0 bridgehead atoms. The SMILES string of the molecule is CCc1ccccc1Nc1nc(N)nc(COc2cccnc2Cl)n1. The van der Waals surface area contributed by atoms with Gasteiger partial charge in [-0.05, 0) is 30.2 Å². The highest BCUT2D eigenvalue weighted by Crippen LogP contribution is 2.22. The molecule has 3 N–H and O–H groups in total. The lowest BCUT2D eigenvalue weighted by Gasteiger charge is -2.11. The standard InChI is InChI=1S/C17H17ClN6O/c1-2-11-6-3-4-7-12(11)21-17-23-14(22-16(19)24-17)10-25-13-8-5-9-20-15(13)18/h3-9H,2,10H2,1H3,(H3,19,21,22,23,24). The fraction of sp³-hybridized carbons (Fsp3) is 0.176. The van der Waals surface area contributed by atoms with Crippen molar-refractivity contribution in [1.29, 1.82) is 0 Å². The van der Waals surface area contributed by atoms with E-state index in [1.807, 2.05) is 24.3 Å². The molecule has 8 heteroatoms. The lowest BCUT2D eigenvalue weighted by Crippen LogP contribution is -2.10. The molecule has 0 aliphatic rings. The Balaban J connectivity index is 1.77. The van der Waals surface area contributed by atoms with Gasteiger partial charge in [-0.25, -0.2) is 4.98 Å². The van der Waals surface area contributed by atoms with E-state index in [2.05, 4.69) is 32.2 Å². The van der Waals surface area contributed by atoms with Crippen LogP contribution in [0, 0.1) is 0 Å². The van der Waals surface area contributed by atoms with Gasteiger partial charge in [-0.15, -0.1) is 0 Å². The number of ether oxygens (including phenoxy) is 1. The zero-order valence-electron chi connectivity index (χ0n) is 13.6. The van der Waals surface area contributed by atoms with Crippen molar-refractivity contribution in [2.45, 2.75) is 20.0 Å². The third-order valence-electron chi connectivity index (χ3n) is 3.43. The van der Waals surface area contributed by atoms with Gasteiger partial charge in [0.2, 0.25) is 11.9 Å². The van der Waals surface area contributed by atoms with E-state index in [-0.39, 0.29) is 17.7 Å². The molecule has 0 spiro atoms. The van der Waals surface area contributed by atoms with Gasteiger partial charge in [0, 0.05) is 11.9 Å². The number of aryl methyl sites for hydroxylation is 1. The third kappa shape index (κ3) is 4.33. The molecular weight excluding hydrogens is 340 g/mol. The van der Waals surface area contributed by atoms with E-state index in [0.29, 0.717) is 17.5 Å². The molecular formula is C17H17ClN6O. The highest BCUT2D eigenvalue weighted by Gasteiger charge is 2.09. The van der Waals surface area contributed by atoms with Crippen LogP contribution in [0.15, 0.2) is 42.6 Å². The molecule has 0 radical (unpaired) electrons. The Labute approximate surface area is 150 Å². The molecule has 0 saturated heterocycles. The first-order valence-corrected chi connectivity index (χ1v) is 8.12. The summed E-state index contributed by atoms with van der Waals surface area (Å²) in [6.45, 7) is 2.18. The molecule has 1 aromatic carbocycles. The first kappa shape index (κ1) is 16.9. The van der Waals surface area contributed by atoms with E-state index in [4.69, 9.17) is 22.1 Å². The van der Waals surface area contributed by atoms with Gasteiger partial charge in [-0.3, -0.25) is 0 Å². The maximum absolute atomic E-state index is 5.97. The first-order chi connectivity index (χ1) is 12.2. The number of nitrogens with two attached hydrogens (primary N) is 1. The normalized spacial score (nSPS) is 10.5. The molecule has 0 fully saturated rings. The molecule has 7 nitrogen and oxygen atoms in total. The second kappa shape index (κ2) is 7.76. The molecule has 0 amide bonds. The largest absolute Gasteiger partial charge is 0.482 e. The number of aromatic nitrogens is 4. The maximum atomic E-state index is 5.97. The highest BCUT2D eigenvalue weighted by molar-refractivity contribution is 6.30. The Kier molecular flexibility index (Phi) is 5.25. The lowest BCUT2D eigenvalue weighted by molar-refractivity contribution is 0.295. The van der Waals surface area contributed by atoms with Gasteiger partial charge in [0.1, 0.15) is 6.61 Å². The number of halogens is 1. The summed E-state index contributed by atoms with van der Waals surface area (Å²) < 4.78 is 5.60. The van der Waals surface area contributed by atoms with Crippen LogP contribution in [-0.2, 0) is 13.0 Å². The van der Waals surface area contributed by atoms with Crippen LogP contribution in [0.4, 0.5) is 17.6 Å². The number of anilines is 3. The second-order valence-electron chi connectivity index (χ2n) is 5.15. The van der Waals surface area contributed by atoms with E-state index in [9.17, 15) is 0 Å². The van der Waals surface area contributed by atoms with Gasteiger partial charge < -0.3 is 15.8 Å². The summed E-state index contributed by atoms with van der Waals surface area (Å²) in [5.41, 5.74) is 7.87. The third-order valence-corrected chi connectivity index (χ3v) is 3.71. The van der Waals surface area contributed by atoms with E-state index in [1.54, 1.807) is 18.3 Å². The molecule has 0 aliphatic heterocycles. The summed E-state index contributed by atoms with van der Waals surface area (Å²) in [4.78, 5) is 16.5. The molecule has 2 aromatic heterocycles. The summed E-state index contributed by atoms with van der Waals surface area (Å²) in [5, 5.41) is 3.46. The molecule has 0 atom stereocenters. The minimum atomic E-state index is 0.0994. The van der Waals surface area contributed by atoms with Crippen LogP contribution in [0.3, 0.4) is 0 Å². The number of pyridine rings is 1. The number of nitrogens with zero attached hydrogens (tertiary/aromatic N) is 4. The summed E-state index contributed by atoms with van der Waals surface area (Å²) in [5.74, 6) is 1.32. The van der Waals surface area contributed by atoms with Crippen molar-refractivity contribution in [1.82, 2.24) is 19.9 Å². The van der Waals surface area contributed by atoms with Gasteiger partial charge in [0.05, 0.1) is 0 Å². The van der Waals surface area contributed by atoms with Crippen LogP contribution in [0.1, 0.15) is 18.3 Å². The van der Waals surface area contributed by atoms with Crippen molar-refractivity contribution in [3.63, 3.8) is 0 Å². The van der Waals surface area contributed by atoms with E-state index < -0.39 is 0 Å². The zero-order valence-corrected chi connectivity index (χ0v) is 14.4. The summed E-state index contributed by atoms with van der Waals surface area (Å²) >= 11 is 5.97. The Morgan fingerprint density at radius 3 is 2.76 bits per heavy atom. The number of benzene rings is 1. The number of para-hydroxylation sites is 1. The Morgan fingerprint density at radius 1 is 1.12 bits per heavy atom. The van der Waals surface area contributed by atoms with E-state index in [1.165, 1.54) is 0 Å². The fourth-order valence-corrected chi connectivity index (χ4v) is 2.42. The number of hydrogen-bond acceptors (Lipinski definition) is 7. The molecule has 128 valence electrons. The summed E-state index contributed by atoms with van der Waals surface area (Å²) in [7, 11) is 0. The number of hydrogen-bond donors (Lipinski definition) is 2. The van der Waals surface area contributed by atoms with Crippen LogP contribution in [0.25, 0.3) is 0 Å². The Bertz CT molecular complexity index is 873. The van der Waals surface area contributed by atoms with Crippen molar-refractivity contribution in [3.8, 4) is 5.75 Å². The van der Waals surface area contributed by atoms with Crippen molar-refractivity contribution < 1.29 is 4.74 Å². The minimum Gasteiger partial charge on any atom is -0.482 e. The molecule has 25 heavy (non-hydrogen) atoms. The first-order valence-electron chi connectivity index (χ1n) is 7.74. The van der Waals surface area contributed by atoms with Gasteiger partial charge in [-0.2, -0.15) is 15.0 Å². The minimum absolute atomic E-state index is 0.0994. The van der Waals surface area contributed by atoms with Crippen molar-refractivity contribution in [2.75, 3.05) is 11.1 Å². The Morgan fingerprint density at radius 2 is 1.96 bits per heavy atom. The average Bonchev–Trinajstić information content (AvgIpc) is 2.61. The van der Waals surface area contributed by atoms with Crippen LogP contribution in [0.5, 0.6) is 5.75 Å². The monoisotopic (exact) mass is 356 g/mol. The summed E-state index contributed by atoms with van der Waals surface area (Å²) in [6.07, 6.45) is 2.47. The molecule has 0 saturated carbocycles. The van der Waals surface area contributed by atoms with Crippen molar-refractivity contribution >= 4 is 29.2 Å². The predicted molar refractivity (Wildman–Crippen MR) is 96.9 cm³/mol. The van der Waals surface area contributed by atoms with Gasteiger partial charge in [0.15, 0.2) is 16.7 Å². The maximum Gasteiger partial charge on any atom is 0.232 e. The fourth-order valence-electron chi connectivity index (χ4n) is 2.25. The second-order valence-corrected chi connectivity index (χ2v) is 5.51. The van der Waals surface area contributed by atoms with Gasteiger partial charge in [0.25, 0.3) is 0 Å². The van der Waals surface area contributed by atoms with Crippen LogP contribution in [0.2, 0.25) is 5.15 Å². The number of rotatable bonds is 6. The van der Waals surface area contributed by atoms with Crippen LogP contribution < -0.4 is 15.8 Å². The topological polar surface area (TPSA) is 98.8 Å². The number of nitrogens with one attached hydrogen (secondary N) is 1. The quantitative estimate of drug-likeness (QED) is 0.653. The predicted octanol–water partition coefficient (Wildman–Crippen LogP) is 3.39.